The molecular formula is C43H55F3N6O7S. The topological polar surface area (TPSA) is 138 Å². The molecule has 0 aliphatic carbocycles. The van der Waals surface area contributed by atoms with Crippen LogP contribution in [-0.4, -0.2) is 100 Å². The first kappa shape index (κ1) is 43.8. The van der Waals surface area contributed by atoms with Crippen LogP contribution in [0.3, 0.4) is 0 Å². The molecule has 2 saturated heterocycles. The Bertz CT molecular complexity index is 2360. The minimum atomic E-state index is -4.74. The van der Waals surface area contributed by atoms with E-state index in [1.165, 1.54) is 10.5 Å². The zero-order valence-corrected chi connectivity index (χ0v) is 36.4. The van der Waals surface area contributed by atoms with E-state index in [4.69, 9.17) is 23.9 Å². The van der Waals surface area contributed by atoms with Gasteiger partial charge in [-0.05, 0) is 121 Å². The normalized spacial score (nSPS) is 19.2. The number of hydrogen-bond acceptors (Lipinski definition) is 11. The van der Waals surface area contributed by atoms with E-state index in [-0.39, 0.29) is 29.5 Å². The summed E-state index contributed by atoms with van der Waals surface area (Å²) >= 11 is 0. The van der Waals surface area contributed by atoms with Crippen molar-refractivity contribution in [2.24, 2.45) is 5.41 Å². The van der Waals surface area contributed by atoms with Gasteiger partial charge in [0.2, 0.25) is 27.6 Å². The average Bonchev–Trinajstić information content (AvgIpc) is 3.84. The van der Waals surface area contributed by atoms with Gasteiger partial charge in [-0.1, -0.05) is 18.2 Å². The number of fused-ring (bicyclic) bond motifs is 2. The van der Waals surface area contributed by atoms with E-state index in [1.54, 1.807) is 60.6 Å². The Hall–Kier alpha value is -4.32. The van der Waals surface area contributed by atoms with Crippen LogP contribution in [-0.2, 0) is 37.0 Å². The highest BCUT2D eigenvalue weighted by Gasteiger charge is 2.47. The van der Waals surface area contributed by atoms with Gasteiger partial charge in [0.1, 0.15) is 22.7 Å². The van der Waals surface area contributed by atoms with Crippen LogP contribution >= 0.6 is 0 Å². The Morgan fingerprint density at radius 1 is 0.967 bits per heavy atom. The van der Waals surface area contributed by atoms with Crippen LogP contribution in [0.1, 0.15) is 105 Å². The van der Waals surface area contributed by atoms with Gasteiger partial charge in [0, 0.05) is 43.6 Å². The van der Waals surface area contributed by atoms with Crippen molar-refractivity contribution in [3.63, 3.8) is 0 Å². The highest BCUT2D eigenvalue weighted by atomic mass is 32.2. The average molecular weight is 857 g/mol. The van der Waals surface area contributed by atoms with Gasteiger partial charge < -0.3 is 18.9 Å². The number of pyridine rings is 2. The minimum Gasteiger partial charge on any atom is -0.476 e. The van der Waals surface area contributed by atoms with Crippen molar-refractivity contribution in [1.82, 2.24) is 28.8 Å². The standard InChI is InChI=1S/C43H55F3N6O7S/c1-27-11-12-30(34(41(7,8)39(53)59-40(4,5)6)32-13-18-52-35(29(32)3)48-49-38(52)43(44,45)46)24-31(27)25-51-26-42(14-20-56-21-15-42)58-37-33(60(51,54)55)23-28(2)36(47-37)57-22-19-50-16-9-10-17-50/h11-13,18,23-24,34H,9-10,14-17,19-22,25-26H2,1-8H3/t34-/m1/s1. The zero-order valence-electron chi connectivity index (χ0n) is 35.6. The summed E-state index contributed by atoms with van der Waals surface area (Å²) < 4.78 is 98.1. The lowest BCUT2D eigenvalue weighted by Gasteiger charge is -2.38. The molecule has 0 radical (unpaired) electrons. The fraction of sp³-hybridized carbons (Fsp3) is 0.581. The summed E-state index contributed by atoms with van der Waals surface area (Å²) in [5, 5.41) is 7.36. The van der Waals surface area contributed by atoms with Gasteiger partial charge in [0.05, 0.1) is 25.2 Å². The number of halogens is 3. The summed E-state index contributed by atoms with van der Waals surface area (Å²) in [6.07, 6.45) is -0.284. The van der Waals surface area contributed by atoms with E-state index in [1.807, 2.05) is 25.1 Å². The van der Waals surface area contributed by atoms with Crippen LogP contribution in [0.4, 0.5) is 13.2 Å². The molecule has 7 rings (SSSR count). The third kappa shape index (κ3) is 8.72. The summed E-state index contributed by atoms with van der Waals surface area (Å²) in [6.45, 7) is 18.0. The summed E-state index contributed by atoms with van der Waals surface area (Å²) in [4.78, 5) is 21.1. The van der Waals surface area contributed by atoms with Crippen molar-refractivity contribution in [3.8, 4) is 11.8 Å². The molecule has 1 spiro atoms. The Labute approximate surface area is 349 Å². The first-order valence-corrected chi connectivity index (χ1v) is 21.9. The molecule has 1 aromatic carbocycles. The number of aryl methyl sites for hydroxylation is 3. The number of carbonyl (C=O) groups excluding carboxylic acids is 1. The van der Waals surface area contributed by atoms with Crippen molar-refractivity contribution in [2.45, 2.75) is 116 Å². The number of carbonyl (C=O) groups is 1. The number of esters is 1. The number of rotatable bonds is 10. The van der Waals surface area contributed by atoms with Crippen LogP contribution in [0.2, 0.25) is 0 Å². The van der Waals surface area contributed by atoms with E-state index in [0.29, 0.717) is 66.4 Å². The lowest BCUT2D eigenvalue weighted by molar-refractivity contribution is -0.166. The summed E-state index contributed by atoms with van der Waals surface area (Å²) in [5.74, 6) is -2.13. The number of likely N-dealkylation sites (tertiary alicyclic amines) is 1. The van der Waals surface area contributed by atoms with Crippen molar-refractivity contribution < 1.29 is 45.3 Å². The maximum Gasteiger partial charge on any atom is 0.452 e. The lowest BCUT2D eigenvalue weighted by atomic mass is 9.70. The monoisotopic (exact) mass is 856 g/mol. The van der Waals surface area contributed by atoms with Gasteiger partial charge in [-0.25, -0.2) is 8.42 Å². The fourth-order valence-electron chi connectivity index (χ4n) is 8.51. The number of sulfonamides is 1. The van der Waals surface area contributed by atoms with Gasteiger partial charge in [-0.15, -0.1) is 10.2 Å². The molecule has 13 nitrogen and oxygen atoms in total. The zero-order chi connectivity index (χ0) is 43.4. The minimum absolute atomic E-state index is 0.00107. The molecule has 3 aromatic heterocycles. The number of alkyl halides is 3. The molecule has 4 aromatic rings. The molecule has 0 bridgehead atoms. The Balaban J connectivity index is 1.29. The molecule has 3 aliphatic rings. The Morgan fingerprint density at radius 2 is 1.67 bits per heavy atom. The van der Waals surface area contributed by atoms with Gasteiger partial charge in [-0.2, -0.15) is 22.5 Å². The predicted molar refractivity (Wildman–Crippen MR) is 217 cm³/mol. The second-order valence-electron chi connectivity index (χ2n) is 17.9. The third-order valence-corrected chi connectivity index (χ3v) is 13.7. The predicted octanol–water partition coefficient (Wildman–Crippen LogP) is 7.18. The number of aromatic nitrogens is 4. The summed E-state index contributed by atoms with van der Waals surface area (Å²) in [5.41, 5.74) is 0.556. The molecule has 0 N–H and O–H groups in total. The maximum atomic E-state index is 14.9. The van der Waals surface area contributed by atoms with E-state index < -0.39 is 50.5 Å². The van der Waals surface area contributed by atoms with Gasteiger partial charge in [0.25, 0.3) is 0 Å². The second kappa shape index (κ2) is 16.2. The first-order valence-electron chi connectivity index (χ1n) is 20.5. The largest absolute Gasteiger partial charge is 0.476 e. The smallest absolute Gasteiger partial charge is 0.452 e. The molecule has 6 heterocycles. The van der Waals surface area contributed by atoms with Crippen molar-refractivity contribution in [2.75, 3.05) is 46.0 Å². The second-order valence-corrected chi connectivity index (χ2v) is 19.8. The molecule has 0 saturated carbocycles. The molecule has 60 heavy (non-hydrogen) atoms. The van der Waals surface area contributed by atoms with E-state index in [9.17, 15) is 26.4 Å². The summed E-state index contributed by atoms with van der Waals surface area (Å²) in [6, 6.07) is 8.73. The van der Waals surface area contributed by atoms with Crippen molar-refractivity contribution in [1.29, 1.82) is 0 Å². The highest BCUT2D eigenvalue weighted by molar-refractivity contribution is 7.89. The van der Waals surface area contributed by atoms with E-state index >= 15 is 0 Å². The molecule has 0 amide bonds. The van der Waals surface area contributed by atoms with Crippen molar-refractivity contribution in [3.05, 3.63) is 75.7 Å². The number of hydrogen-bond donors (Lipinski definition) is 0. The van der Waals surface area contributed by atoms with Gasteiger partial charge in [-0.3, -0.25) is 14.1 Å². The van der Waals surface area contributed by atoms with Crippen LogP contribution in [0, 0.1) is 26.2 Å². The molecule has 3 aliphatic heterocycles. The maximum absolute atomic E-state index is 14.9. The van der Waals surface area contributed by atoms with Crippen molar-refractivity contribution >= 4 is 21.6 Å². The quantitative estimate of drug-likeness (QED) is 0.150. The third-order valence-electron chi connectivity index (χ3n) is 11.9. The number of benzene rings is 1. The van der Waals surface area contributed by atoms with Gasteiger partial charge >= 0.3 is 12.1 Å². The van der Waals surface area contributed by atoms with E-state index in [2.05, 4.69) is 15.1 Å². The fourth-order valence-corrected chi connectivity index (χ4v) is 10.1. The molecule has 1 atom stereocenters. The molecular weight excluding hydrogens is 802 g/mol. The number of nitrogens with zero attached hydrogens (tertiary/aromatic N) is 6. The van der Waals surface area contributed by atoms with Crippen LogP contribution < -0.4 is 9.47 Å². The first-order chi connectivity index (χ1) is 28.1. The SMILES string of the molecule is Cc1ccc([C@H](c2ccn3c(C(F)(F)F)nnc3c2C)C(C)(C)C(=O)OC(C)(C)C)cc1CN1CC2(CCOCC2)Oc2nc(OCCN3CCCC3)c(C)cc2S1(=O)=O. The van der Waals surface area contributed by atoms with Gasteiger partial charge in [0.15, 0.2) is 5.65 Å². The highest BCUT2D eigenvalue weighted by Crippen LogP contribution is 2.46. The summed E-state index contributed by atoms with van der Waals surface area (Å²) in [7, 11) is -4.21. The van der Waals surface area contributed by atoms with E-state index in [0.717, 1.165) is 42.4 Å². The molecule has 326 valence electrons. The molecule has 2 fully saturated rings. The van der Waals surface area contributed by atoms with Crippen LogP contribution in [0.5, 0.6) is 11.8 Å². The Kier molecular flexibility index (Phi) is 11.8. The van der Waals surface area contributed by atoms with Crippen LogP contribution in [0.15, 0.2) is 41.4 Å². The molecule has 0 unspecified atom stereocenters. The molecule has 17 heteroatoms. The van der Waals surface area contributed by atoms with Crippen LogP contribution in [0.25, 0.3) is 5.65 Å². The lowest BCUT2D eigenvalue weighted by Crippen LogP contribution is -2.50. The Morgan fingerprint density at radius 3 is 2.33 bits per heavy atom. The number of ether oxygens (including phenoxy) is 4.